The molecule has 0 aliphatic rings. The van der Waals surface area contributed by atoms with Gasteiger partial charge in [0.15, 0.2) is 17.4 Å². The van der Waals surface area contributed by atoms with Crippen molar-refractivity contribution < 1.29 is 9.21 Å². The molecule has 4 rings (SSSR count). The maximum atomic E-state index is 12.2. The molecule has 7 heteroatoms. The van der Waals surface area contributed by atoms with Crippen LogP contribution in [0.25, 0.3) is 22.4 Å². The number of imidazole rings is 1. The molecular weight excluding hydrogens is 318 g/mol. The normalized spacial score (nSPS) is 11.1. The third-order valence-electron chi connectivity index (χ3n) is 3.80. The molecular formula is C18H15N5O2. The van der Waals surface area contributed by atoms with Gasteiger partial charge < -0.3 is 8.98 Å². The standard InChI is InChI=1S/C18H15N5O2/c1-12-20-9-18(25-12)16-3-2-13-8-21-14(7-17(13)22-16)6-15(24)10-23-5-4-19-11-23/h2-5,7-9,11H,6,10H2,1H3. The van der Waals surface area contributed by atoms with Gasteiger partial charge in [0.25, 0.3) is 0 Å². The number of nitrogens with zero attached hydrogens (tertiary/aromatic N) is 5. The van der Waals surface area contributed by atoms with Crippen LogP contribution in [0.1, 0.15) is 11.6 Å². The molecule has 0 spiro atoms. The molecule has 0 bridgehead atoms. The van der Waals surface area contributed by atoms with Crippen LogP contribution in [0.3, 0.4) is 0 Å². The van der Waals surface area contributed by atoms with E-state index in [4.69, 9.17) is 4.42 Å². The first-order chi connectivity index (χ1) is 12.2. The first-order valence-electron chi connectivity index (χ1n) is 7.83. The van der Waals surface area contributed by atoms with Gasteiger partial charge in [0.1, 0.15) is 5.69 Å². The number of Topliss-reactive ketones (excluding diaryl/α,β-unsaturated/α-hetero) is 1. The van der Waals surface area contributed by atoms with Crippen molar-refractivity contribution in [3.8, 4) is 11.5 Å². The molecule has 0 atom stereocenters. The SMILES string of the molecule is Cc1ncc(-c2ccc3cnc(CC(=O)Cn4ccnc4)cc3n2)o1. The molecule has 25 heavy (non-hydrogen) atoms. The van der Waals surface area contributed by atoms with E-state index < -0.39 is 0 Å². The summed E-state index contributed by atoms with van der Waals surface area (Å²) in [4.78, 5) is 29.2. The van der Waals surface area contributed by atoms with E-state index in [0.29, 0.717) is 23.0 Å². The highest BCUT2D eigenvalue weighted by Gasteiger charge is 2.10. The predicted octanol–water partition coefficient (Wildman–Crippen LogP) is 2.60. The Morgan fingerprint density at radius 3 is 2.92 bits per heavy atom. The second-order valence-corrected chi connectivity index (χ2v) is 5.76. The molecule has 4 heterocycles. The van der Waals surface area contributed by atoms with E-state index in [1.54, 1.807) is 42.6 Å². The van der Waals surface area contributed by atoms with Crippen molar-refractivity contribution in [2.24, 2.45) is 0 Å². The zero-order valence-electron chi connectivity index (χ0n) is 13.6. The minimum atomic E-state index is 0.0619. The molecule has 0 saturated carbocycles. The molecule has 0 N–H and O–H groups in total. The first kappa shape index (κ1) is 15.2. The molecule has 0 aromatic carbocycles. The number of aromatic nitrogens is 5. The summed E-state index contributed by atoms with van der Waals surface area (Å²) in [5.74, 6) is 1.28. The van der Waals surface area contributed by atoms with E-state index >= 15 is 0 Å². The monoisotopic (exact) mass is 333 g/mol. The Balaban J connectivity index is 1.59. The van der Waals surface area contributed by atoms with E-state index in [0.717, 1.165) is 10.9 Å². The zero-order valence-corrected chi connectivity index (χ0v) is 13.6. The topological polar surface area (TPSA) is 86.7 Å². The highest BCUT2D eigenvalue weighted by molar-refractivity contribution is 5.83. The number of rotatable bonds is 5. The molecule has 4 aromatic heterocycles. The molecule has 0 unspecified atom stereocenters. The number of carbonyl (C=O) groups is 1. The van der Waals surface area contributed by atoms with Crippen LogP contribution in [0, 0.1) is 6.92 Å². The fraction of sp³-hybridized carbons (Fsp3) is 0.167. The molecule has 0 radical (unpaired) electrons. The Bertz CT molecular complexity index is 1040. The van der Waals surface area contributed by atoms with Gasteiger partial charge in [0, 0.05) is 36.6 Å². The number of carbonyl (C=O) groups excluding carboxylic acids is 1. The summed E-state index contributed by atoms with van der Waals surface area (Å²) in [5, 5.41) is 0.908. The number of ketones is 1. The molecule has 4 aromatic rings. The summed E-state index contributed by atoms with van der Waals surface area (Å²) >= 11 is 0. The van der Waals surface area contributed by atoms with Crippen molar-refractivity contribution in [1.82, 2.24) is 24.5 Å². The van der Waals surface area contributed by atoms with Crippen molar-refractivity contribution >= 4 is 16.7 Å². The van der Waals surface area contributed by atoms with Crippen molar-refractivity contribution in [2.45, 2.75) is 19.9 Å². The van der Waals surface area contributed by atoms with Crippen molar-refractivity contribution in [1.29, 1.82) is 0 Å². The van der Waals surface area contributed by atoms with E-state index in [1.165, 1.54) is 0 Å². The largest absolute Gasteiger partial charge is 0.439 e. The van der Waals surface area contributed by atoms with Crippen LogP contribution in [-0.2, 0) is 17.8 Å². The quantitative estimate of drug-likeness (QED) is 0.558. The number of hydrogen-bond donors (Lipinski definition) is 0. The van der Waals surface area contributed by atoms with E-state index in [1.807, 2.05) is 18.2 Å². The summed E-state index contributed by atoms with van der Waals surface area (Å²) in [6.07, 6.45) is 8.68. The third-order valence-corrected chi connectivity index (χ3v) is 3.80. The minimum absolute atomic E-state index is 0.0619. The molecule has 124 valence electrons. The number of oxazole rings is 1. The maximum absolute atomic E-state index is 12.2. The van der Waals surface area contributed by atoms with Crippen LogP contribution in [0.5, 0.6) is 0 Å². The zero-order chi connectivity index (χ0) is 17.2. The lowest BCUT2D eigenvalue weighted by Crippen LogP contribution is -2.12. The molecule has 0 amide bonds. The van der Waals surface area contributed by atoms with Crippen molar-refractivity contribution in [3.05, 3.63) is 60.9 Å². The average molecular weight is 333 g/mol. The molecule has 0 aliphatic heterocycles. The second kappa shape index (κ2) is 6.27. The van der Waals surface area contributed by atoms with Gasteiger partial charge in [-0.3, -0.25) is 9.78 Å². The molecule has 7 nitrogen and oxygen atoms in total. The fourth-order valence-corrected chi connectivity index (χ4v) is 2.61. The van der Waals surface area contributed by atoms with Crippen molar-refractivity contribution in [3.63, 3.8) is 0 Å². The van der Waals surface area contributed by atoms with Gasteiger partial charge in [0.05, 0.1) is 31.0 Å². The van der Waals surface area contributed by atoms with Crippen LogP contribution in [0.2, 0.25) is 0 Å². The van der Waals surface area contributed by atoms with Crippen LogP contribution in [0.4, 0.5) is 0 Å². The van der Waals surface area contributed by atoms with Crippen molar-refractivity contribution in [2.75, 3.05) is 0 Å². The Labute approximate surface area is 143 Å². The van der Waals surface area contributed by atoms with E-state index in [9.17, 15) is 4.79 Å². The van der Waals surface area contributed by atoms with Gasteiger partial charge in [-0.15, -0.1) is 0 Å². The van der Waals surface area contributed by atoms with Crippen LogP contribution < -0.4 is 0 Å². The lowest BCUT2D eigenvalue weighted by atomic mass is 10.1. The Morgan fingerprint density at radius 2 is 2.16 bits per heavy atom. The summed E-state index contributed by atoms with van der Waals surface area (Å²) in [5.41, 5.74) is 2.16. The Hall–Kier alpha value is -3.35. The second-order valence-electron chi connectivity index (χ2n) is 5.76. The van der Waals surface area contributed by atoms with Crippen LogP contribution >= 0.6 is 0 Å². The first-order valence-corrected chi connectivity index (χ1v) is 7.83. The third kappa shape index (κ3) is 3.30. The lowest BCUT2D eigenvalue weighted by molar-refractivity contribution is -0.119. The van der Waals surface area contributed by atoms with Gasteiger partial charge in [-0.05, 0) is 18.2 Å². The number of hydrogen-bond acceptors (Lipinski definition) is 6. The smallest absolute Gasteiger partial charge is 0.191 e. The number of pyridine rings is 2. The van der Waals surface area contributed by atoms with Crippen LogP contribution in [-0.4, -0.2) is 30.3 Å². The maximum Gasteiger partial charge on any atom is 0.191 e. The van der Waals surface area contributed by atoms with E-state index in [2.05, 4.69) is 19.9 Å². The lowest BCUT2D eigenvalue weighted by Gasteiger charge is -2.04. The summed E-state index contributed by atoms with van der Waals surface area (Å²) < 4.78 is 7.26. The summed E-state index contributed by atoms with van der Waals surface area (Å²) in [6.45, 7) is 2.07. The fourth-order valence-electron chi connectivity index (χ4n) is 2.61. The highest BCUT2D eigenvalue weighted by atomic mass is 16.4. The predicted molar refractivity (Wildman–Crippen MR) is 90.7 cm³/mol. The number of fused-ring (bicyclic) bond motifs is 1. The van der Waals surface area contributed by atoms with Gasteiger partial charge in [0.2, 0.25) is 0 Å². The Kier molecular flexibility index (Phi) is 3.81. The summed E-state index contributed by atoms with van der Waals surface area (Å²) in [6, 6.07) is 5.64. The van der Waals surface area contributed by atoms with Gasteiger partial charge >= 0.3 is 0 Å². The molecule has 0 saturated heterocycles. The minimum Gasteiger partial charge on any atom is -0.439 e. The molecule has 0 aliphatic carbocycles. The average Bonchev–Trinajstić information content (AvgIpc) is 3.26. The summed E-state index contributed by atoms with van der Waals surface area (Å²) in [7, 11) is 0. The van der Waals surface area contributed by atoms with Gasteiger partial charge in [-0.1, -0.05) is 0 Å². The number of aryl methyl sites for hydroxylation is 1. The van der Waals surface area contributed by atoms with Crippen LogP contribution in [0.15, 0.2) is 53.7 Å². The highest BCUT2D eigenvalue weighted by Crippen LogP contribution is 2.21. The van der Waals surface area contributed by atoms with Gasteiger partial charge in [-0.2, -0.15) is 0 Å². The van der Waals surface area contributed by atoms with Gasteiger partial charge in [-0.25, -0.2) is 15.0 Å². The Morgan fingerprint density at radius 1 is 1.24 bits per heavy atom. The van der Waals surface area contributed by atoms with E-state index in [-0.39, 0.29) is 18.7 Å². The molecule has 0 fully saturated rings.